The highest BCUT2D eigenvalue weighted by Crippen LogP contribution is 2.29. The van der Waals surface area contributed by atoms with Gasteiger partial charge < -0.3 is 10.1 Å². The number of hydrogen-bond donors (Lipinski definition) is 1. The molecule has 2 aromatic heterocycles. The molecule has 1 aromatic carbocycles. The fraction of sp³-hybridized carbons (Fsp3) is 0.391. The fourth-order valence-electron chi connectivity index (χ4n) is 3.68. The minimum atomic E-state index is -0.684. The number of ether oxygens (including phenoxy) is 1. The SMILES string of the molecule is COC(=O)[C@H](NC(=O)Cc1c(C)nc2c(-c3ccccc3)c(C)nn2c1C)C(C)C. The van der Waals surface area contributed by atoms with Crippen molar-refractivity contribution >= 4 is 17.5 Å². The van der Waals surface area contributed by atoms with Crippen LogP contribution in [0, 0.1) is 26.7 Å². The van der Waals surface area contributed by atoms with Crippen molar-refractivity contribution in [3.63, 3.8) is 0 Å². The maximum atomic E-state index is 12.7. The van der Waals surface area contributed by atoms with E-state index in [1.54, 1.807) is 4.52 Å². The van der Waals surface area contributed by atoms with Crippen molar-refractivity contribution in [2.24, 2.45) is 5.92 Å². The van der Waals surface area contributed by atoms with Crippen LogP contribution in [0.15, 0.2) is 30.3 Å². The fourth-order valence-corrected chi connectivity index (χ4v) is 3.68. The number of carbonyl (C=O) groups excluding carboxylic acids is 2. The maximum absolute atomic E-state index is 12.7. The topological polar surface area (TPSA) is 85.6 Å². The van der Waals surface area contributed by atoms with Crippen LogP contribution in [-0.4, -0.2) is 39.6 Å². The van der Waals surface area contributed by atoms with Gasteiger partial charge in [0.25, 0.3) is 0 Å². The third-order valence-electron chi connectivity index (χ3n) is 5.34. The van der Waals surface area contributed by atoms with Gasteiger partial charge >= 0.3 is 5.97 Å². The smallest absolute Gasteiger partial charge is 0.328 e. The Morgan fingerprint density at radius 2 is 1.77 bits per heavy atom. The van der Waals surface area contributed by atoms with Crippen LogP contribution in [0.5, 0.6) is 0 Å². The molecule has 0 unspecified atom stereocenters. The Morgan fingerprint density at radius 1 is 1.10 bits per heavy atom. The van der Waals surface area contributed by atoms with E-state index < -0.39 is 12.0 Å². The summed E-state index contributed by atoms with van der Waals surface area (Å²) < 4.78 is 6.61. The Hall–Kier alpha value is -3.22. The number of nitrogens with one attached hydrogen (secondary N) is 1. The number of aryl methyl sites for hydroxylation is 3. The first kappa shape index (κ1) is 21.5. The van der Waals surface area contributed by atoms with Crippen molar-refractivity contribution < 1.29 is 14.3 Å². The Labute approximate surface area is 176 Å². The van der Waals surface area contributed by atoms with Gasteiger partial charge in [-0.25, -0.2) is 14.3 Å². The molecule has 0 bridgehead atoms. The van der Waals surface area contributed by atoms with Gasteiger partial charge in [0, 0.05) is 22.5 Å². The van der Waals surface area contributed by atoms with Crippen molar-refractivity contribution in [2.45, 2.75) is 47.1 Å². The molecule has 1 N–H and O–H groups in total. The van der Waals surface area contributed by atoms with E-state index in [0.29, 0.717) is 0 Å². The lowest BCUT2D eigenvalue weighted by Crippen LogP contribution is -2.45. The van der Waals surface area contributed by atoms with E-state index in [1.165, 1.54) is 7.11 Å². The number of methoxy groups -OCH3 is 1. The predicted octanol–water partition coefficient (Wildman–Crippen LogP) is 3.18. The van der Waals surface area contributed by atoms with Gasteiger partial charge in [0.2, 0.25) is 5.91 Å². The van der Waals surface area contributed by atoms with Crippen LogP contribution >= 0.6 is 0 Å². The summed E-state index contributed by atoms with van der Waals surface area (Å²) in [6.45, 7) is 9.52. The van der Waals surface area contributed by atoms with Crippen LogP contribution in [0.25, 0.3) is 16.8 Å². The highest BCUT2D eigenvalue weighted by Gasteiger charge is 2.26. The van der Waals surface area contributed by atoms with Crippen LogP contribution < -0.4 is 5.32 Å². The molecular weight excluding hydrogens is 380 g/mol. The van der Waals surface area contributed by atoms with Crippen molar-refractivity contribution in [3.8, 4) is 11.1 Å². The summed E-state index contributed by atoms with van der Waals surface area (Å²) in [7, 11) is 1.32. The lowest BCUT2D eigenvalue weighted by Gasteiger charge is -2.20. The van der Waals surface area contributed by atoms with Crippen molar-refractivity contribution in [1.29, 1.82) is 0 Å². The summed E-state index contributed by atoms with van der Waals surface area (Å²) in [5.74, 6) is -0.777. The van der Waals surface area contributed by atoms with Crippen LogP contribution in [0.3, 0.4) is 0 Å². The minimum Gasteiger partial charge on any atom is -0.467 e. The summed E-state index contributed by atoms with van der Waals surface area (Å²) >= 11 is 0. The van der Waals surface area contributed by atoms with Crippen LogP contribution in [-0.2, 0) is 20.7 Å². The van der Waals surface area contributed by atoms with E-state index in [0.717, 1.165) is 39.4 Å². The monoisotopic (exact) mass is 408 g/mol. The van der Waals surface area contributed by atoms with Gasteiger partial charge in [-0.1, -0.05) is 44.2 Å². The first-order valence-corrected chi connectivity index (χ1v) is 10.0. The number of aromatic nitrogens is 3. The molecule has 0 saturated heterocycles. The molecule has 1 amide bonds. The molecule has 0 radical (unpaired) electrons. The number of carbonyl (C=O) groups is 2. The summed E-state index contributed by atoms with van der Waals surface area (Å²) in [6.07, 6.45) is 0.112. The third-order valence-corrected chi connectivity index (χ3v) is 5.34. The Bertz CT molecular complexity index is 1090. The highest BCUT2D eigenvalue weighted by atomic mass is 16.5. The minimum absolute atomic E-state index is 0.0774. The summed E-state index contributed by atoms with van der Waals surface area (Å²) in [5.41, 5.74) is 6.12. The quantitative estimate of drug-likeness (QED) is 0.633. The lowest BCUT2D eigenvalue weighted by molar-refractivity contribution is -0.146. The number of amides is 1. The molecule has 30 heavy (non-hydrogen) atoms. The van der Waals surface area contributed by atoms with Gasteiger partial charge in [0.05, 0.1) is 19.2 Å². The molecule has 7 heteroatoms. The van der Waals surface area contributed by atoms with Gasteiger partial charge in [-0.3, -0.25) is 4.79 Å². The lowest BCUT2D eigenvalue weighted by atomic mass is 10.0. The number of esters is 1. The van der Waals surface area contributed by atoms with E-state index in [1.807, 2.05) is 65.0 Å². The zero-order valence-corrected chi connectivity index (χ0v) is 18.3. The number of benzene rings is 1. The van der Waals surface area contributed by atoms with Crippen LogP contribution in [0.1, 0.15) is 36.5 Å². The largest absolute Gasteiger partial charge is 0.467 e. The van der Waals surface area contributed by atoms with E-state index in [4.69, 9.17) is 9.72 Å². The molecule has 2 heterocycles. The molecule has 3 rings (SSSR count). The average Bonchev–Trinajstić information content (AvgIpc) is 3.05. The second-order valence-electron chi connectivity index (χ2n) is 7.81. The Morgan fingerprint density at radius 3 is 2.37 bits per heavy atom. The van der Waals surface area contributed by atoms with Gasteiger partial charge in [-0.15, -0.1) is 0 Å². The first-order valence-electron chi connectivity index (χ1n) is 10.0. The number of hydrogen-bond acceptors (Lipinski definition) is 5. The second kappa shape index (κ2) is 8.65. The molecule has 0 spiro atoms. The molecule has 7 nitrogen and oxygen atoms in total. The van der Waals surface area contributed by atoms with E-state index >= 15 is 0 Å². The zero-order valence-electron chi connectivity index (χ0n) is 18.3. The number of fused-ring (bicyclic) bond motifs is 1. The molecule has 0 aliphatic heterocycles. The van der Waals surface area contributed by atoms with Gasteiger partial charge in [-0.2, -0.15) is 5.10 Å². The molecular formula is C23H28N4O3. The van der Waals surface area contributed by atoms with Crippen LogP contribution in [0.4, 0.5) is 0 Å². The summed E-state index contributed by atoms with van der Waals surface area (Å²) in [5, 5.41) is 7.47. The molecule has 0 aliphatic rings. The number of rotatable bonds is 6. The van der Waals surface area contributed by atoms with Crippen molar-refractivity contribution in [1.82, 2.24) is 19.9 Å². The number of nitrogens with zero attached hydrogens (tertiary/aromatic N) is 3. The second-order valence-corrected chi connectivity index (χ2v) is 7.81. The molecule has 0 aliphatic carbocycles. The molecule has 0 saturated carbocycles. The molecule has 158 valence electrons. The van der Waals surface area contributed by atoms with E-state index in [2.05, 4.69) is 10.4 Å². The van der Waals surface area contributed by atoms with Gasteiger partial charge in [0.1, 0.15) is 6.04 Å². The first-order chi connectivity index (χ1) is 14.2. The van der Waals surface area contributed by atoms with Gasteiger partial charge in [-0.05, 0) is 32.3 Å². The third kappa shape index (κ3) is 4.06. The summed E-state index contributed by atoms with van der Waals surface area (Å²) in [4.78, 5) is 29.4. The van der Waals surface area contributed by atoms with Crippen molar-refractivity contribution in [3.05, 3.63) is 53.0 Å². The highest BCUT2D eigenvalue weighted by molar-refractivity contribution is 5.86. The molecule has 3 aromatic rings. The average molecular weight is 409 g/mol. The predicted molar refractivity (Wildman–Crippen MR) is 115 cm³/mol. The van der Waals surface area contributed by atoms with Crippen LogP contribution in [0.2, 0.25) is 0 Å². The van der Waals surface area contributed by atoms with E-state index in [-0.39, 0.29) is 18.2 Å². The summed E-state index contributed by atoms with van der Waals surface area (Å²) in [6, 6.07) is 9.35. The molecule has 1 atom stereocenters. The normalized spacial score (nSPS) is 12.2. The van der Waals surface area contributed by atoms with Crippen molar-refractivity contribution in [2.75, 3.05) is 7.11 Å². The maximum Gasteiger partial charge on any atom is 0.328 e. The van der Waals surface area contributed by atoms with E-state index in [9.17, 15) is 9.59 Å². The Kier molecular flexibility index (Phi) is 6.20. The molecule has 0 fully saturated rings. The van der Waals surface area contributed by atoms with Gasteiger partial charge in [0.15, 0.2) is 5.65 Å². The Balaban J connectivity index is 1.96. The standard InChI is InChI=1S/C23H28N4O3/c1-13(2)21(23(29)30-6)25-19(28)12-18-14(3)24-22-20(17-10-8-7-9-11-17)15(4)26-27(22)16(18)5/h7-11,13,21H,12H2,1-6H3,(H,25,28)/t21-/m1/s1. The zero-order chi connectivity index (χ0) is 22.0.